The summed E-state index contributed by atoms with van der Waals surface area (Å²) in [7, 11) is 1.72. The predicted molar refractivity (Wildman–Crippen MR) is 74.6 cm³/mol. The van der Waals surface area contributed by atoms with E-state index in [2.05, 4.69) is 5.32 Å². The molecule has 2 aromatic carbocycles. The second kappa shape index (κ2) is 6.48. The van der Waals surface area contributed by atoms with Crippen LogP contribution < -0.4 is 10.1 Å². The molecule has 20 heavy (non-hydrogen) atoms. The van der Waals surface area contributed by atoms with Crippen LogP contribution in [0.15, 0.2) is 36.4 Å². The van der Waals surface area contributed by atoms with Crippen LogP contribution in [-0.4, -0.2) is 7.05 Å². The molecule has 2 rings (SSSR count). The molecular weight excluding hydrogens is 260 g/mol. The van der Waals surface area contributed by atoms with Gasteiger partial charge in [-0.1, -0.05) is 29.8 Å². The summed E-state index contributed by atoms with van der Waals surface area (Å²) < 4.78 is 32.9. The van der Waals surface area contributed by atoms with Crippen molar-refractivity contribution in [2.75, 3.05) is 7.05 Å². The van der Waals surface area contributed by atoms with Crippen molar-refractivity contribution in [3.8, 4) is 5.75 Å². The number of nitrogens with one attached hydrogen (secondary N) is 1. The summed E-state index contributed by atoms with van der Waals surface area (Å²) in [6.07, 6.45) is 0. The molecule has 106 valence electrons. The molecule has 0 aliphatic rings. The lowest BCUT2D eigenvalue weighted by Crippen LogP contribution is -2.07. The predicted octanol–water partition coefficient (Wildman–Crippen LogP) is 3.57. The summed E-state index contributed by atoms with van der Waals surface area (Å²) in [5.74, 6) is -1.69. The van der Waals surface area contributed by atoms with E-state index in [0.717, 1.165) is 11.1 Å². The van der Waals surface area contributed by atoms with Gasteiger partial charge in [-0.25, -0.2) is 8.78 Å². The second-order valence-corrected chi connectivity index (χ2v) is 4.69. The van der Waals surface area contributed by atoms with E-state index in [9.17, 15) is 8.78 Å². The molecule has 0 amide bonds. The first-order valence-electron chi connectivity index (χ1n) is 6.41. The third-order valence-electron chi connectivity index (χ3n) is 2.94. The van der Waals surface area contributed by atoms with Gasteiger partial charge in [-0.2, -0.15) is 0 Å². The van der Waals surface area contributed by atoms with Crippen molar-refractivity contribution in [1.29, 1.82) is 0 Å². The molecule has 1 N–H and O–H groups in total. The third kappa shape index (κ3) is 3.54. The maximum absolute atomic E-state index is 13.8. The zero-order chi connectivity index (χ0) is 14.5. The molecule has 0 aliphatic carbocycles. The molecule has 4 heteroatoms. The lowest BCUT2D eigenvalue weighted by molar-refractivity contribution is 0.273. The van der Waals surface area contributed by atoms with Crippen molar-refractivity contribution in [2.24, 2.45) is 0 Å². The summed E-state index contributed by atoms with van der Waals surface area (Å²) in [5, 5.41) is 2.85. The van der Waals surface area contributed by atoms with Crippen LogP contribution in [0, 0.1) is 18.6 Å². The van der Waals surface area contributed by atoms with E-state index >= 15 is 0 Å². The molecule has 0 saturated heterocycles. The second-order valence-electron chi connectivity index (χ2n) is 4.69. The highest BCUT2D eigenvalue weighted by molar-refractivity contribution is 5.32. The monoisotopic (exact) mass is 277 g/mol. The molecule has 2 aromatic rings. The molecule has 0 fully saturated rings. The van der Waals surface area contributed by atoms with Gasteiger partial charge in [-0.15, -0.1) is 0 Å². The van der Waals surface area contributed by atoms with Crippen molar-refractivity contribution in [3.63, 3.8) is 0 Å². The van der Waals surface area contributed by atoms with Gasteiger partial charge in [-0.3, -0.25) is 0 Å². The quantitative estimate of drug-likeness (QED) is 0.902. The van der Waals surface area contributed by atoms with Crippen LogP contribution in [0.4, 0.5) is 8.78 Å². The Morgan fingerprint density at radius 3 is 2.15 bits per heavy atom. The van der Waals surface area contributed by atoms with Gasteiger partial charge in [0.25, 0.3) is 0 Å². The molecule has 0 aliphatic heterocycles. The van der Waals surface area contributed by atoms with Crippen LogP contribution in [0.5, 0.6) is 5.75 Å². The molecule has 0 aromatic heterocycles. The Balaban J connectivity index is 2.11. The normalized spacial score (nSPS) is 10.6. The van der Waals surface area contributed by atoms with E-state index in [1.165, 1.54) is 12.1 Å². The molecule has 0 bridgehead atoms. The summed E-state index contributed by atoms with van der Waals surface area (Å²) in [6.45, 7) is 2.52. The van der Waals surface area contributed by atoms with E-state index in [-0.39, 0.29) is 12.4 Å². The van der Waals surface area contributed by atoms with Gasteiger partial charge in [0.05, 0.1) is 0 Å². The fourth-order valence-corrected chi connectivity index (χ4v) is 1.90. The fraction of sp³-hybridized carbons (Fsp3) is 0.250. The topological polar surface area (TPSA) is 21.3 Å². The molecule has 2 nitrogen and oxygen atoms in total. The summed E-state index contributed by atoms with van der Waals surface area (Å²) in [5.41, 5.74) is 2.54. The summed E-state index contributed by atoms with van der Waals surface area (Å²) in [6, 6.07) is 10.2. The number of halogens is 2. The molecule has 0 unspecified atom stereocenters. The minimum atomic E-state index is -0.678. The number of benzene rings is 2. The Morgan fingerprint density at radius 2 is 1.60 bits per heavy atom. The fourth-order valence-electron chi connectivity index (χ4n) is 1.90. The smallest absolute Gasteiger partial charge is 0.191 e. The Kier molecular flexibility index (Phi) is 4.69. The zero-order valence-electron chi connectivity index (χ0n) is 11.5. The molecule has 0 radical (unpaired) electrons. The van der Waals surface area contributed by atoms with Gasteiger partial charge in [0.2, 0.25) is 0 Å². The molecule has 0 saturated carbocycles. The van der Waals surface area contributed by atoms with Crippen LogP contribution in [0.25, 0.3) is 0 Å². The largest absolute Gasteiger partial charge is 0.483 e. The molecule has 0 spiro atoms. The van der Waals surface area contributed by atoms with E-state index in [4.69, 9.17) is 4.74 Å². The van der Waals surface area contributed by atoms with E-state index in [1.807, 2.05) is 31.2 Å². The van der Waals surface area contributed by atoms with Crippen LogP contribution in [0.3, 0.4) is 0 Å². The Hall–Kier alpha value is -1.94. The zero-order valence-corrected chi connectivity index (χ0v) is 11.5. The van der Waals surface area contributed by atoms with Gasteiger partial charge in [0.1, 0.15) is 6.61 Å². The number of rotatable bonds is 5. The van der Waals surface area contributed by atoms with Gasteiger partial charge >= 0.3 is 0 Å². The van der Waals surface area contributed by atoms with E-state index < -0.39 is 11.6 Å². The van der Waals surface area contributed by atoms with Crippen LogP contribution in [0.1, 0.15) is 16.7 Å². The van der Waals surface area contributed by atoms with Crippen LogP contribution >= 0.6 is 0 Å². The SMILES string of the molecule is CNCc1cc(F)c(OCc2ccc(C)cc2)c(F)c1. The standard InChI is InChI=1S/C16H17F2NO/c1-11-3-5-12(6-4-11)10-20-16-14(17)7-13(9-19-2)8-15(16)18/h3-8,19H,9-10H2,1-2H3. The van der Waals surface area contributed by atoms with Crippen LogP contribution in [0.2, 0.25) is 0 Å². The Labute approximate surface area is 117 Å². The first-order valence-corrected chi connectivity index (χ1v) is 6.41. The number of hydrogen-bond donors (Lipinski definition) is 1. The van der Waals surface area contributed by atoms with Crippen molar-refractivity contribution in [1.82, 2.24) is 5.32 Å². The molecular formula is C16H17F2NO. The third-order valence-corrected chi connectivity index (χ3v) is 2.94. The minimum Gasteiger partial charge on any atom is -0.483 e. The first kappa shape index (κ1) is 14.5. The maximum Gasteiger partial charge on any atom is 0.191 e. The minimum absolute atomic E-state index is 0.138. The summed E-state index contributed by atoms with van der Waals surface area (Å²) >= 11 is 0. The van der Waals surface area contributed by atoms with Crippen LogP contribution in [-0.2, 0) is 13.2 Å². The lowest BCUT2D eigenvalue weighted by Gasteiger charge is -2.10. The highest BCUT2D eigenvalue weighted by Gasteiger charge is 2.12. The number of hydrogen-bond acceptors (Lipinski definition) is 2. The van der Waals surface area contributed by atoms with Gasteiger partial charge in [0.15, 0.2) is 17.4 Å². The van der Waals surface area contributed by atoms with Crippen molar-refractivity contribution in [2.45, 2.75) is 20.1 Å². The number of ether oxygens (including phenoxy) is 1. The average Bonchev–Trinajstić information content (AvgIpc) is 2.40. The van der Waals surface area contributed by atoms with Gasteiger partial charge in [-0.05, 0) is 37.2 Å². The Bertz CT molecular complexity index is 559. The van der Waals surface area contributed by atoms with Crippen molar-refractivity contribution < 1.29 is 13.5 Å². The van der Waals surface area contributed by atoms with E-state index in [1.54, 1.807) is 7.05 Å². The number of aryl methyl sites for hydroxylation is 1. The van der Waals surface area contributed by atoms with E-state index in [0.29, 0.717) is 12.1 Å². The average molecular weight is 277 g/mol. The highest BCUT2D eigenvalue weighted by atomic mass is 19.1. The van der Waals surface area contributed by atoms with Crippen molar-refractivity contribution in [3.05, 3.63) is 64.7 Å². The Morgan fingerprint density at radius 1 is 1.00 bits per heavy atom. The molecule has 0 heterocycles. The highest BCUT2D eigenvalue weighted by Crippen LogP contribution is 2.24. The van der Waals surface area contributed by atoms with Gasteiger partial charge in [0, 0.05) is 6.54 Å². The molecule has 0 atom stereocenters. The lowest BCUT2D eigenvalue weighted by atomic mass is 10.1. The first-order chi connectivity index (χ1) is 9.60. The van der Waals surface area contributed by atoms with Crippen molar-refractivity contribution >= 4 is 0 Å². The van der Waals surface area contributed by atoms with Gasteiger partial charge < -0.3 is 10.1 Å². The maximum atomic E-state index is 13.8. The summed E-state index contributed by atoms with van der Waals surface area (Å²) in [4.78, 5) is 0.